The van der Waals surface area contributed by atoms with Crippen LogP contribution in [0.3, 0.4) is 0 Å². The Hall–Kier alpha value is -1.28. The fourth-order valence-electron chi connectivity index (χ4n) is 1.74. The predicted molar refractivity (Wildman–Crippen MR) is 81.0 cm³/mol. The molecule has 0 aliphatic rings. The summed E-state index contributed by atoms with van der Waals surface area (Å²) in [6, 6.07) is 21.6. The van der Waals surface area contributed by atoms with Gasteiger partial charge in [-0.15, -0.1) is 0 Å². The molecule has 2 nitrogen and oxygen atoms in total. The summed E-state index contributed by atoms with van der Waals surface area (Å²) < 4.78 is 2.91. The van der Waals surface area contributed by atoms with Gasteiger partial charge in [-0.05, 0) is 24.7 Å². The van der Waals surface area contributed by atoms with E-state index in [0.717, 1.165) is 0 Å². The number of benzene rings is 2. The van der Waals surface area contributed by atoms with Crippen molar-refractivity contribution < 1.29 is 27.2 Å². The summed E-state index contributed by atoms with van der Waals surface area (Å²) >= 11 is -0.988. The first-order valence-corrected chi connectivity index (χ1v) is 9.82. The van der Waals surface area contributed by atoms with E-state index in [-0.39, 0.29) is 7.92 Å². The molecular formula is C16H15O2PPt. The SMILES string of the molecule is CCP(c1ccccc1)c1ccccc1.O=[C]=[Pt]=[C]=O. The third-order valence-corrected chi connectivity index (χ3v) is 5.46. The van der Waals surface area contributed by atoms with Crippen molar-refractivity contribution >= 4 is 27.1 Å². The summed E-state index contributed by atoms with van der Waals surface area (Å²) in [6.45, 7) is 2.27. The third-order valence-electron chi connectivity index (χ3n) is 2.52. The van der Waals surface area contributed by atoms with Gasteiger partial charge in [-0.1, -0.05) is 67.6 Å². The molecule has 4 heteroatoms. The molecule has 0 saturated carbocycles. The van der Waals surface area contributed by atoms with Crippen LogP contribution in [0, 0.1) is 0 Å². The Kier molecular flexibility index (Phi) is 8.80. The molecule has 0 spiro atoms. The monoisotopic (exact) mass is 465 g/mol. The Labute approximate surface area is 128 Å². The van der Waals surface area contributed by atoms with Crippen LogP contribution in [0.5, 0.6) is 0 Å². The van der Waals surface area contributed by atoms with Crippen molar-refractivity contribution in [3.05, 3.63) is 60.7 Å². The van der Waals surface area contributed by atoms with Crippen LogP contribution in [0.25, 0.3) is 0 Å². The van der Waals surface area contributed by atoms with Crippen molar-refractivity contribution in [2.75, 3.05) is 6.16 Å². The zero-order valence-corrected chi connectivity index (χ0v) is 14.2. The standard InChI is InChI=1S/C14H15P.2CO.Pt/c1-2-15(13-9-5-3-6-10-13)14-11-7-4-8-12-14;2*1-2;/h3-12H,2H2,1H3;;;. The number of rotatable bonds is 3. The maximum atomic E-state index is 9.07. The Bertz CT molecular complexity index is 560. The molecule has 0 aromatic heterocycles. The average molecular weight is 465 g/mol. The molecule has 0 unspecified atom stereocenters. The van der Waals surface area contributed by atoms with Crippen molar-refractivity contribution in [1.82, 2.24) is 0 Å². The van der Waals surface area contributed by atoms with Crippen LogP contribution >= 0.6 is 7.92 Å². The maximum absolute atomic E-state index is 9.07. The number of carbonyl (C=O) groups excluding carboxylic acids is 2. The van der Waals surface area contributed by atoms with E-state index in [9.17, 15) is 0 Å². The molecule has 0 heterocycles. The Balaban J connectivity index is 0.000000347. The van der Waals surface area contributed by atoms with Gasteiger partial charge in [0.2, 0.25) is 0 Å². The van der Waals surface area contributed by atoms with E-state index >= 15 is 0 Å². The van der Waals surface area contributed by atoms with Gasteiger partial charge < -0.3 is 0 Å². The van der Waals surface area contributed by atoms with Crippen LogP contribution in [-0.4, -0.2) is 14.7 Å². The molecule has 0 radical (unpaired) electrons. The first-order chi connectivity index (χ1) is 9.83. The fourth-order valence-corrected chi connectivity index (χ4v) is 3.93. The summed E-state index contributed by atoms with van der Waals surface area (Å²) in [7, 11) is -0.149. The van der Waals surface area contributed by atoms with Gasteiger partial charge in [-0.25, -0.2) is 0 Å². The van der Waals surface area contributed by atoms with Gasteiger partial charge in [-0.2, -0.15) is 0 Å². The zero-order chi connectivity index (χ0) is 14.6. The minimum absolute atomic E-state index is 0.149. The summed E-state index contributed by atoms with van der Waals surface area (Å²) in [4.78, 5) is 18.1. The Morgan fingerprint density at radius 3 is 1.50 bits per heavy atom. The average Bonchev–Trinajstić information content (AvgIpc) is 2.52. The summed E-state index contributed by atoms with van der Waals surface area (Å²) in [5, 5.41) is 2.95. The molecule has 0 atom stereocenters. The van der Waals surface area contributed by atoms with Crippen molar-refractivity contribution in [1.29, 1.82) is 0 Å². The Morgan fingerprint density at radius 2 is 1.25 bits per heavy atom. The van der Waals surface area contributed by atoms with Crippen LogP contribution in [0.1, 0.15) is 6.92 Å². The second-order valence-corrected chi connectivity index (χ2v) is 7.64. The first-order valence-electron chi connectivity index (χ1n) is 6.02. The summed E-state index contributed by atoms with van der Waals surface area (Å²) in [6.07, 6.45) is 1.21. The molecule has 0 saturated heterocycles. The number of hydrogen-bond donors (Lipinski definition) is 0. The van der Waals surface area contributed by atoms with Crippen molar-refractivity contribution in [3.63, 3.8) is 0 Å². The van der Waals surface area contributed by atoms with E-state index in [0.29, 0.717) is 0 Å². The van der Waals surface area contributed by atoms with Gasteiger partial charge >= 0.3 is 35.8 Å². The zero-order valence-electron chi connectivity index (χ0n) is 11.1. The van der Waals surface area contributed by atoms with Crippen LogP contribution in [-0.2, 0) is 27.2 Å². The van der Waals surface area contributed by atoms with E-state index < -0.39 is 17.6 Å². The summed E-state index contributed by atoms with van der Waals surface area (Å²) in [5.74, 6) is 0. The van der Waals surface area contributed by atoms with Crippen molar-refractivity contribution in [2.24, 2.45) is 0 Å². The first kappa shape index (κ1) is 16.8. The molecule has 2 aromatic carbocycles. The molecule has 0 N–H and O–H groups in total. The Morgan fingerprint density at radius 1 is 0.850 bits per heavy atom. The van der Waals surface area contributed by atoms with Gasteiger partial charge in [-0.3, -0.25) is 0 Å². The normalized spacial score (nSPS) is 9.30. The molecule has 20 heavy (non-hydrogen) atoms. The molecule has 0 fully saturated rings. The van der Waals surface area contributed by atoms with Crippen molar-refractivity contribution in [3.8, 4) is 0 Å². The molecule has 0 aliphatic carbocycles. The predicted octanol–water partition coefficient (Wildman–Crippen LogP) is 2.34. The van der Waals surface area contributed by atoms with Gasteiger partial charge in [0.1, 0.15) is 0 Å². The topological polar surface area (TPSA) is 34.1 Å². The van der Waals surface area contributed by atoms with Crippen LogP contribution in [0.2, 0.25) is 0 Å². The van der Waals surface area contributed by atoms with E-state index in [2.05, 4.69) is 67.6 Å². The van der Waals surface area contributed by atoms with Crippen LogP contribution in [0.15, 0.2) is 60.7 Å². The molecule has 2 rings (SSSR count). The molecule has 0 amide bonds. The third kappa shape index (κ3) is 5.79. The van der Waals surface area contributed by atoms with Gasteiger partial charge in [0.15, 0.2) is 0 Å². The van der Waals surface area contributed by atoms with E-state index in [1.807, 2.05) is 0 Å². The molecule has 0 aliphatic heterocycles. The molecule has 0 bridgehead atoms. The van der Waals surface area contributed by atoms with Gasteiger partial charge in [0.25, 0.3) is 0 Å². The second-order valence-electron chi connectivity index (χ2n) is 3.62. The van der Waals surface area contributed by atoms with Crippen LogP contribution < -0.4 is 10.6 Å². The van der Waals surface area contributed by atoms with Crippen LogP contribution in [0.4, 0.5) is 0 Å². The summed E-state index contributed by atoms with van der Waals surface area (Å²) in [5.41, 5.74) is 0. The molecule has 2 aromatic rings. The van der Waals surface area contributed by atoms with E-state index in [1.54, 1.807) is 0 Å². The number of hydrogen-bond acceptors (Lipinski definition) is 2. The van der Waals surface area contributed by atoms with Crippen molar-refractivity contribution in [2.45, 2.75) is 6.92 Å². The van der Waals surface area contributed by atoms with E-state index in [1.165, 1.54) is 25.3 Å². The fraction of sp³-hybridized carbons (Fsp3) is 0.125. The molecule has 106 valence electrons. The molecular weight excluding hydrogens is 450 g/mol. The second kappa shape index (κ2) is 10.5. The minimum atomic E-state index is -0.988. The van der Waals surface area contributed by atoms with Gasteiger partial charge in [0.05, 0.1) is 0 Å². The van der Waals surface area contributed by atoms with E-state index in [4.69, 9.17) is 9.59 Å². The quantitative estimate of drug-likeness (QED) is 0.653. The van der Waals surface area contributed by atoms with Gasteiger partial charge in [0, 0.05) is 0 Å².